The lowest BCUT2D eigenvalue weighted by molar-refractivity contribution is -0.379. The van der Waals surface area contributed by atoms with E-state index in [1.165, 1.54) is 83.5 Å². The van der Waals surface area contributed by atoms with Gasteiger partial charge in [0.1, 0.15) is 73.2 Å². The third-order valence-corrected chi connectivity index (χ3v) is 17.7. The second-order valence-corrected chi connectivity index (χ2v) is 26.0. The number of hydrogen-bond donors (Lipinski definition) is 12. The van der Waals surface area contributed by atoms with Crippen molar-refractivity contribution in [3.05, 3.63) is 122 Å². The highest BCUT2D eigenvalue weighted by Crippen LogP contribution is 2.33. The average Bonchev–Trinajstić information content (AvgIpc) is 0.845. The molecule has 0 aromatic heterocycles. The molecule has 0 radical (unpaired) electrons. The molecule has 97 heavy (non-hydrogen) atoms. The van der Waals surface area contributed by atoms with Gasteiger partial charge in [0.25, 0.3) is 0 Å². The van der Waals surface area contributed by atoms with Gasteiger partial charge in [0, 0.05) is 6.42 Å². The molecule has 3 aliphatic rings. The van der Waals surface area contributed by atoms with E-state index in [1.54, 1.807) is 6.08 Å². The maximum atomic E-state index is 13.4. The first kappa shape index (κ1) is 87.4. The molecule has 0 saturated carbocycles. The number of unbranched alkanes of at least 4 members (excludes halogenated alkanes) is 22. The van der Waals surface area contributed by atoms with Crippen LogP contribution in [-0.2, 0) is 33.2 Å². The summed E-state index contributed by atoms with van der Waals surface area (Å²) in [5, 5.41) is 121. The van der Waals surface area contributed by atoms with Crippen molar-refractivity contribution >= 4 is 5.91 Å². The fourth-order valence-corrected chi connectivity index (χ4v) is 11.8. The summed E-state index contributed by atoms with van der Waals surface area (Å²) in [6.07, 6.45) is 53.1. The molecule has 19 heteroatoms. The average molecular weight is 1370 g/mol. The van der Waals surface area contributed by atoms with Crippen molar-refractivity contribution in [2.75, 3.05) is 26.4 Å². The number of amides is 1. The van der Waals surface area contributed by atoms with E-state index >= 15 is 0 Å². The van der Waals surface area contributed by atoms with Crippen LogP contribution in [-0.4, -0.2) is 193 Å². The van der Waals surface area contributed by atoms with Crippen LogP contribution in [0.15, 0.2) is 122 Å². The maximum Gasteiger partial charge on any atom is 0.220 e. The fraction of sp³-hybridized carbons (Fsp3) is 0.731. The van der Waals surface area contributed by atoms with Crippen LogP contribution < -0.4 is 5.32 Å². The minimum absolute atomic E-state index is 0.218. The predicted molar refractivity (Wildman–Crippen MR) is 383 cm³/mol. The quantitative estimate of drug-likeness (QED) is 0.0199. The van der Waals surface area contributed by atoms with E-state index in [0.717, 1.165) is 116 Å². The van der Waals surface area contributed by atoms with Crippen molar-refractivity contribution in [2.24, 2.45) is 0 Å². The Balaban J connectivity index is 1.41. The van der Waals surface area contributed by atoms with Gasteiger partial charge in [-0.05, 0) is 96.3 Å². The Morgan fingerprint density at radius 2 is 0.722 bits per heavy atom. The molecule has 17 unspecified atom stereocenters. The van der Waals surface area contributed by atoms with Crippen LogP contribution in [0, 0.1) is 0 Å². The highest BCUT2D eigenvalue weighted by molar-refractivity contribution is 5.76. The molecule has 0 bridgehead atoms. The smallest absolute Gasteiger partial charge is 0.220 e. The number of nitrogens with one attached hydrogen (secondary N) is 1. The molecule has 3 saturated heterocycles. The second kappa shape index (κ2) is 57.8. The first-order valence-electron chi connectivity index (χ1n) is 37.3. The molecule has 0 aromatic carbocycles. The Labute approximate surface area is 582 Å². The number of allylic oxidation sites excluding steroid dienone is 19. The minimum Gasteiger partial charge on any atom is -0.394 e. The van der Waals surface area contributed by atoms with Crippen LogP contribution in [0.2, 0.25) is 0 Å². The largest absolute Gasteiger partial charge is 0.394 e. The van der Waals surface area contributed by atoms with E-state index < -0.39 is 124 Å². The zero-order valence-corrected chi connectivity index (χ0v) is 59.0. The molecule has 19 nitrogen and oxygen atoms in total. The summed E-state index contributed by atoms with van der Waals surface area (Å²) in [5.74, 6) is -0.298. The van der Waals surface area contributed by atoms with E-state index in [4.69, 9.17) is 28.4 Å². The summed E-state index contributed by atoms with van der Waals surface area (Å²) < 4.78 is 34.4. The summed E-state index contributed by atoms with van der Waals surface area (Å²) in [5.41, 5.74) is 0. The number of aliphatic hydroxyl groups is 11. The van der Waals surface area contributed by atoms with Crippen LogP contribution in [0.25, 0.3) is 0 Å². The summed E-state index contributed by atoms with van der Waals surface area (Å²) in [6, 6.07) is -1.00. The molecule has 556 valence electrons. The van der Waals surface area contributed by atoms with Gasteiger partial charge in [-0.15, -0.1) is 0 Å². The van der Waals surface area contributed by atoms with Crippen LogP contribution >= 0.6 is 0 Å². The van der Waals surface area contributed by atoms with Crippen molar-refractivity contribution in [3.63, 3.8) is 0 Å². The van der Waals surface area contributed by atoms with Gasteiger partial charge in [-0.2, -0.15) is 0 Å². The number of aliphatic hydroxyl groups excluding tert-OH is 11. The lowest BCUT2D eigenvalue weighted by Gasteiger charge is -2.48. The zero-order valence-electron chi connectivity index (χ0n) is 59.0. The number of carbonyl (C=O) groups excluding carboxylic acids is 1. The van der Waals surface area contributed by atoms with Crippen LogP contribution in [0.5, 0.6) is 0 Å². The predicted octanol–water partition coefficient (Wildman–Crippen LogP) is 11.2. The molecule has 0 aromatic rings. The van der Waals surface area contributed by atoms with Crippen molar-refractivity contribution < 1.29 is 89.4 Å². The molecule has 0 spiro atoms. The Morgan fingerprint density at radius 1 is 0.381 bits per heavy atom. The topological polar surface area (TPSA) is 307 Å². The molecular weight excluding hydrogens is 1240 g/mol. The summed E-state index contributed by atoms with van der Waals surface area (Å²) in [4.78, 5) is 13.4. The number of carbonyl (C=O) groups is 1. The Kier molecular flexibility index (Phi) is 52.1. The number of hydrogen-bond acceptors (Lipinski definition) is 18. The number of rotatable bonds is 56. The van der Waals surface area contributed by atoms with Gasteiger partial charge in [0.2, 0.25) is 5.91 Å². The third kappa shape index (κ3) is 38.7. The van der Waals surface area contributed by atoms with Gasteiger partial charge in [-0.3, -0.25) is 4.79 Å². The lowest BCUT2D eigenvalue weighted by atomic mass is 9.96. The fourth-order valence-electron chi connectivity index (χ4n) is 11.8. The van der Waals surface area contributed by atoms with Crippen molar-refractivity contribution in [3.8, 4) is 0 Å². The minimum atomic E-state index is -1.99. The van der Waals surface area contributed by atoms with Crippen LogP contribution in [0.3, 0.4) is 0 Å². The SMILES string of the molecule is CC/C=C\C/C=C\C/C=C\C/C=C\C/C=C\C/C=C\C/C=C\C/C=C\CCCCCCCCCCC(=O)NC(COC1OC(CO)C(OC2OC(CO)C(OC3OC(CO)C(O)C(O)C3O)C(O)C2O)C(O)C1O)C(O)/C=C/CC/C=C/CCCCCCCCCCCCCCC. The molecular formula is C78H131NO18. The monoisotopic (exact) mass is 1370 g/mol. The van der Waals surface area contributed by atoms with Gasteiger partial charge < -0.3 is 89.9 Å². The second-order valence-electron chi connectivity index (χ2n) is 26.0. The first-order chi connectivity index (χ1) is 47.3. The summed E-state index contributed by atoms with van der Waals surface area (Å²) in [7, 11) is 0. The van der Waals surface area contributed by atoms with E-state index in [-0.39, 0.29) is 18.9 Å². The maximum absolute atomic E-state index is 13.4. The molecule has 3 aliphatic heterocycles. The standard InChI is InChI=1S/C78H131NO18/c1-3-5-7-9-11-13-15-17-19-21-23-24-25-26-27-28-29-30-31-32-33-34-35-36-38-40-42-44-46-48-50-52-54-56-66(84)79-61(62(83)55-53-51-49-47-45-43-41-39-37-22-20-18-16-14-12-10-8-6-4-2)60-92-76-72(90)69(87)74(64(58-81)94-76)97-78-73(91)70(88)75(65(59-82)95-78)96-77-71(89)68(86)67(85)63(57-80)93-77/h5,7,11,13,17,19,23-24,26-27,29-30,32-33,35-36,45,47,53,55,61-65,67-78,80-83,85-91H,3-4,6,8-10,12,14-16,18,20-22,25,28,31,34,37-44,46,48-52,54,56-60H2,1-2H3,(H,79,84)/b7-5-,13-11-,19-17-,24-23-,27-26-,30-29-,33-32-,36-35-,47-45+,55-53+. The Hall–Kier alpha value is -3.81. The van der Waals surface area contributed by atoms with Gasteiger partial charge in [-0.1, -0.05) is 251 Å². The normalized spacial score (nSPS) is 27.6. The third-order valence-electron chi connectivity index (χ3n) is 17.7. The highest BCUT2D eigenvalue weighted by atomic mass is 16.8. The Morgan fingerprint density at radius 3 is 1.15 bits per heavy atom. The van der Waals surface area contributed by atoms with Gasteiger partial charge in [0.15, 0.2) is 18.9 Å². The molecule has 3 fully saturated rings. The van der Waals surface area contributed by atoms with E-state index in [9.17, 15) is 61.0 Å². The van der Waals surface area contributed by atoms with Gasteiger partial charge >= 0.3 is 0 Å². The van der Waals surface area contributed by atoms with Crippen LogP contribution in [0.1, 0.15) is 232 Å². The number of ether oxygens (including phenoxy) is 6. The molecule has 3 heterocycles. The van der Waals surface area contributed by atoms with Gasteiger partial charge in [-0.25, -0.2) is 0 Å². The first-order valence-corrected chi connectivity index (χ1v) is 37.3. The van der Waals surface area contributed by atoms with Crippen molar-refractivity contribution in [1.29, 1.82) is 0 Å². The van der Waals surface area contributed by atoms with Gasteiger partial charge in [0.05, 0.1) is 38.6 Å². The summed E-state index contributed by atoms with van der Waals surface area (Å²) >= 11 is 0. The molecule has 17 atom stereocenters. The molecule has 3 rings (SSSR count). The molecule has 0 aliphatic carbocycles. The highest BCUT2D eigenvalue weighted by Gasteiger charge is 2.53. The lowest BCUT2D eigenvalue weighted by Crippen LogP contribution is -2.66. The van der Waals surface area contributed by atoms with Crippen molar-refractivity contribution in [1.82, 2.24) is 5.32 Å². The molecule has 12 N–H and O–H groups in total. The van der Waals surface area contributed by atoms with Crippen LogP contribution in [0.4, 0.5) is 0 Å². The van der Waals surface area contributed by atoms with E-state index in [1.807, 2.05) is 6.08 Å². The van der Waals surface area contributed by atoms with E-state index in [0.29, 0.717) is 12.8 Å². The van der Waals surface area contributed by atoms with Crippen molar-refractivity contribution in [2.45, 2.75) is 336 Å². The van der Waals surface area contributed by atoms with E-state index in [2.05, 4.69) is 129 Å². The molecule has 1 amide bonds. The Bertz CT molecular complexity index is 2230. The zero-order chi connectivity index (χ0) is 70.4. The summed E-state index contributed by atoms with van der Waals surface area (Å²) in [6.45, 7) is 1.59.